The molecule has 0 atom stereocenters. The molecule has 7 heteroatoms. The van der Waals surface area contributed by atoms with Crippen molar-refractivity contribution in [3.63, 3.8) is 0 Å². The number of hydrogen-bond donors (Lipinski definition) is 0. The van der Waals surface area contributed by atoms with Crippen molar-refractivity contribution < 1.29 is 4.42 Å². The van der Waals surface area contributed by atoms with Gasteiger partial charge in [0.1, 0.15) is 5.82 Å². The van der Waals surface area contributed by atoms with Gasteiger partial charge < -0.3 is 8.98 Å². The Morgan fingerprint density at radius 3 is 2.65 bits per heavy atom. The molecule has 0 saturated heterocycles. The van der Waals surface area contributed by atoms with E-state index in [1.807, 2.05) is 6.07 Å². The van der Waals surface area contributed by atoms with E-state index >= 15 is 0 Å². The van der Waals surface area contributed by atoms with Gasteiger partial charge in [-0.25, -0.2) is 0 Å². The Hall–Kier alpha value is -2.15. The monoisotopic (exact) mass is 327 g/mol. The van der Waals surface area contributed by atoms with Gasteiger partial charge in [0.05, 0.1) is 12.3 Å². The van der Waals surface area contributed by atoms with Crippen molar-refractivity contribution in [3.05, 3.63) is 53.5 Å². The zero-order chi connectivity index (χ0) is 15.6. The SMILES string of the molecule is Cc1nnc(CSc2nnc(C3CC3)n2Cc2ccccc2)o1. The summed E-state index contributed by atoms with van der Waals surface area (Å²) in [4.78, 5) is 0. The van der Waals surface area contributed by atoms with Crippen molar-refractivity contribution in [2.45, 2.75) is 43.1 Å². The molecule has 118 valence electrons. The molecule has 6 nitrogen and oxygen atoms in total. The number of aromatic nitrogens is 5. The molecule has 0 amide bonds. The molecule has 0 bridgehead atoms. The molecule has 2 heterocycles. The standard InChI is InChI=1S/C16H17N5OS/c1-11-17-18-14(22-11)10-23-16-20-19-15(13-7-8-13)21(16)9-12-5-3-2-4-6-12/h2-6,13H,7-10H2,1H3. The van der Waals surface area contributed by atoms with E-state index in [0.29, 0.717) is 23.5 Å². The van der Waals surface area contributed by atoms with Crippen molar-refractivity contribution in [1.82, 2.24) is 25.0 Å². The maximum absolute atomic E-state index is 5.43. The molecule has 1 aliphatic carbocycles. The van der Waals surface area contributed by atoms with Crippen LogP contribution in [0.4, 0.5) is 0 Å². The summed E-state index contributed by atoms with van der Waals surface area (Å²) in [6.07, 6.45) is 2.42. The third kappa shape index (κ3) is 3.29. The molecule has 3 aromatic rings. The number of hydrogen-bond acceptors (Lipinski definition) is 6. The van der Waals surface area contributed by atoms with E-state index in [2.05, 4.69) is 49.2 Å². The van der Waals surface area contributed by atoms with Gasteiger partial charge >= 0.3 is 0 Å². The number of thioether (sulfide) groups is 1. The summed E-state index contributed by atoms with van der Waals surface area (Å²) >= 11 is 1.59. The normalized spacial score (nSPS) is 14.3. The van der Waals surface area contributed by atoms with Crippen LogP contribution in [0, 0.1) is 6.92 Å². The van der Waals surface area contributed by atoms with Crippen LogP contribution in [-0.2, 0) is 12.3 Å². The smallest absolute Gasteiger partial charge is 0.226 e. The van der Waals surface area contributed by atoms with Gasteiger partial charge in [0.15, 0.2) is 5.16 Å². The summed E-state index contributed by atoms with van der Waals surface area (Å²) in [6, 6.07) is 10.4. The average molecular weight is 327 g/mol. The van der Waals surface area contributed by atoms with Gasteiger partial charge in [-0.1, -0.05) is 42.1 Å². The Morgan fingerprint density at radius 2 is 1.96 bits per heavy atom. The highest BCUT2D eigenvalue weighted by atomic mass is 32.2. The van der Waals surface area contributed by atoms with Crippen molar-refractivity contribution >= 4 is 11.8 Å². The fraction of sp³-hybridized carbons (Fsp3) is 0.375. The van der Waals surface area contributed by atoms with Gasteiger partial charge in [0.25, 0.3) is 0 Å². The van der Waals surface area contributed by atoms with E-state index in [1.165, 1.54) is 18.4 Å². The van der Waals surface area contributed by atoms with Crippen LogP contribution in [0.25, 0.3) is 0 Å². The van der Waals surface area contributed by atoms with E-state index in [1.54, 1.807) is 18.7 Å². The third-order valence-corrected chi connectivity index (χ3v) is 4.72. The molecule has 1 saturated carbocycles. The van der Waals surface area contributed by atoms with Crippen LogP contribution < -0.4 is 0 Å². The molecule has 4 rings (SSSR count). The van der Waals surface area contributed by atoms with Gasteiger partial charge in [-0.2, -0.15) is 0 Å². The number of nitrogens with zero attached hydrogens (tertiary/aromatic N) is 5. The zero-order valence-corrected chi connectivity index (χ0v) is 13.7. The van der Waals surface area contributed by atoms with Crippen LogP contribution in [0.3, 0.4) is 0 Å². The van der Waals surface area contributed by atoms with Gasteiger partial charge in [0, 0.05) is 12.8 Å². The summed E-state index contributed by atoms with van der Waals surface area (Å²) < 4.78 is 7.65. The van der Waals surface area contributed by atoms with E-state index in [-0.39, 0.29) is 0 Å². The zero-order valence-electron chi connectivity index (χ0n) is 12.8. The van der Waals surface area contributed by atoms with Crippen molar-refractivity contribution in [2.75, 3.05) is 0 Å². The molecule has 0 radical (unpaired) electrons. The summed E-state index contributed by atoms with van der Waals surface area (Å²) in [6.45, 7) is 2.59. The first kappa shape index (κ1) is 14.4. The Kier molecular flexibility index (Phi) is 3.87. The highest BCUT2D eigenvalue weighted by Crippen LogP contribution is 2.40. The van der Waals surface area contributed by atoms with Crippen LogP contribution in [0.2, 0.25) is 0 Å². The maximum atomic E-state index is 5.43. The number of benzene rings is 1. The summed E-state index contributed by atoms with van der Waals surface area (Å²) in [5.74, 6) is 3.47. The molecule has 1 fully saturated rings. The fourth-order valence-corrected chi connectivity index (χ4v) is 3.27. The average Bonchev–Trinajstić information content (AvgIpc) is 3.21. The minimum absolute atomic E-state index is 0.561. The largest absolute Gasteiger partial charge is 0.425 e. The first-order valence-electron chi connectivity index (χ1n) is 7.68. The van der Waals surface area contributed by atoms with Crippen LogP contribution in [0.1, 0.15) is 41.9 Å². The Labute approximate surface area is 138 Å². The summed E-state index contributed by atoms with van der Waals surface area (Å²) in [5, 5.41) is 17.6. The molecule has 0 unspecified atom stereocenters. The fourth-order valence-electron chi connectivity index (χ4n) is 2.49. The molecule has 1 aliphatic rings. The molecular weight excluding hydrogens is 310 g/mol. The topological polar surface area (TPSA) is 69.6 Å². The van der Waals surface area contributed by atoms with Gasteiger partial charge in [-0.05, 0) is 18.4 Å². The number of aryl methyl sites for hydroxylation is 1. The van der Waals surface area contributed by atoms with Crippen molar-refractivity contribution in [1.29, 1.82) is 0 Å². The number of rotatable bonds is 6. The lowest BCUT2D eigenvalue weighted by molar-refractivity contribution is 0.485. The first-order chi connectivity index (χ1) is 11.3. The van der Waals surface area contributed by atoms with Crippen LogP contribution in [-0.4, -0.2) is 25.0 Å². The van der Waals surface area contributed by atoms with E-state index in [9.17, 15) is 0 Å². The highest BCUT2D eigenvalue weighted by Gasteiger charge is 2.30. The van der Waals surface area contributed by atoms with Crippen LogP contribution in [0.15, 0.2) is 39.9 Å². The minimum atomic E-state index is 0.561. The van der Waals surface area contributed by atoms with E-state index in [4.69, 9.17) is 4.42 Å². The quantitative estimate of drug-likeness (QED) is 0.648. The molecule has 1 aromatic carbocycles. The predicted octanol–water partition coefficient (Wildman–Crippen LogP) is 3.19. The predicted molar refractivity (Wildman–Crippen MR) is 86.1 cm³/mol. The lowest BCUT2D eigenvalue weighted by Crippen LogP contribution is -2.06. The molecule has 0 N–H and O–H groups in total. The lowest BCUT2D eigenvalue weighted by atomic mass is 10.2. The summed E-state index contributed by atoms with van der Waals surface area (Å²) in [7, 11) is 0. The highest BCUT2D eigenvalue weighted by molar-refractivity contribution is 7.98. The minimum Gasteiger partial charge on any atom is -0.425 e. The van der Waals surface area contributed by atoms with E-state index < -0.39 is 0 Å². The second-order valence-electron chi connectivity index (χ2n) is 5.69. The Morgan fingerprint density at radius 1 is 1.13 bits per heavy atom. The van der Waals surface area contributed by atoms with Crippen molar-refractivity contribution in [3.8, 4) is 0 Å². The summed E-state index contributed by atoms with van der Waals surface area (Å²) in [5.41, 5.74) is 1.25. The van der Waals surface area contributed by atoms with Gasteiger partial charge in [0.2, 0.25) is 11.8 Å². The van der Waals surface area contributed by atoms with E-state index in [0.717, 1.165) is 17.5 Å². The van der Waals surface area contributed by atoms with Crippen molar-refractivity contribution in [2.24, 2.45) is 0 Å². The molecule has 0 aliphatic heterocycles. The van der Waals surface area contributed by atoms with Crippen LogP contribution in [0.5, 0.6) is 0 Å². The van der Waals surface area contributed by atoms with Gasteiger partial charge in [-0.3, -0.25) is 0 Å². The lowest BCUT2D eigenvalue weighted by Gasteiger charge is -2.09. The third-order valence-electron chi connectivity index (χ3n) is 3.76. The molecule has 2 aromatic heterocycles. The van der Waals surface area contributed by atoms with Crippen LogP contribution >= 0.6 is 11.8 Å². The van der Waals surface area contributed by atoms with Gasteiger partial charge in [-0.15, -0.1) is 20.4 Å². The first-order valence-corrected chi connectivity index (χ1v) is 8.67. The molecule has 0 spiro atoms. The molecule has 23 heavy (non-hydrogen) atoms. The Balaban J connectivity index is 1.56. The molecular formula is C16H17N5OS. The second kappa shape index (κ2) is 6.16. The Bertz CT molecular complexity index is 794. The maximum Gasteiger partial charge on any atom is 0.226 e. The second-order valence-corrected chi connectivity index (χ2v) is 6.63.